The molecular formula is C21H21FN2O2. The highest BCUT2D eigenvalue weighted by Gasteiger charge is 2.08. The maximum absolute atomic E-state index is 14.0. The van der Waals surface area contributed by atoms with Crippen molar-refractivity contribution in [2.45, 2.75) is 32.3 Å². The topological polar surface area (TPSA) is 66.2 Å². The molecule has 0 saturated carbocycles. The van der Waals surface area contributed by atoms with Gasteiger partial charge in [-0.05, 0) is 62.1 Å². The van der Waals surface area contributed by atoms with Gasteiger partial charge in [0.1, 0.15) is 11.6 Å². The standard InChI is InChI=1S/C21H21FN2O2/c1-14(25)5-3-2-4-6-16-13-23-21-11-15(7-10-20(21)24-16)18-9-8-17(26)12-19(18)22/h4,6-14,25-26H,2-3,5H2,1H3/b6-4+. The molecule has 0 aliphatic carbocycles. The van der Waals surface area contributed by atoms with Crippen LogP contribution in [-0.2, 0) is 0 Å². The average molecular weight is 352 g/mol. The number of hydrogen-bond donors (Lipinski definition) is 2. The predicted octanol–water partition coefficient (Wildman–Crippen LogP) is 4.71. The quantitative estimate of drug-likeness (QED) is 0.631. The van der Waals surface area contributed by atoms with Crippen LogP contribution in [0.5, 0.6) is 5.75 Å². The van der Waals surface area contributed by atoms with Crippen molar-refractivity contribution >= 4 is 17.1 Å². The number of fused-ring (bicyclic) bond motifs is 1. The fourth-order valence-corrected chi connectivity index (χ4v) is 2.75. The Hall–Kier alpha value is -2.79. The Morgan fingerprint density at radius 1 is 1.15 bits per heavy atom. The van der Waals surface area contributed by atoms with Crippen molar-refractivity contribution in [2.75, 3.05) is 0 Å². The molecule has 26 heavy (non-hydrogen) atoms. The van der Waals surface area contributed by atoms with Crippen LogP contribution in [0.4, 0.5) is 4.39 Å². The van der Waals surface area contributed by atoms with Crippen LogP contribution >= 0.6 is 0 Å². The van der Waals surface area contributed by atoms with E-state index in [1.165, 1.54) is 6.07 Å². The molecule has 0 aliphatic heterocycles. The van der Waals surface area contributed by atoms with Gasteiger partial charge in [-0.15, -0.1) is 0 Å². The lowest BCUT2D eigenvalue weighted by Crippen LogP contribution is -1.97. The van der Waals surface area contributed by atoms with E-state index < -0.39 is 5.82 Å². The Kier molecular flexibility index (Phi) is 5.58. The summed E-state index contributed by atoms with van der Waals surface area (Å²) in [6.45, 7) is 1.79. The van der Waals surface area contributed by atoms with Crippen LogP contribution in [0.25, 0.3) is 28.2 Å². The van der Waals surface area contributed by atoms with Crippen molar-refractivity contribution in [2.24, 2.45) is 0 Å². The van der Waals surface area contributed by atoms with Crippen molar-refractivity contribution in [1.82, 2.24) is 9.97 Å². The van der Waals surface area contributed by atoms with E-state index >= 15 is 0 Å². The second-order valence-corrected chi connectivity index (χ2v) is 6.34. The maximum Gasteiger partial charge on any atom is 0.134 e. The molecule has 1 heterocycles. The Bertz CT molecular complexity index is 938. The lowest BCUT2D eigenvalue weighted by molar-refractivity contribution is 0.182. The third-order valence-electron chi connectivity index (χ3n) is 4.11. The van der Waals surface area contributed by atoms with E-state index in [-0.39, 0.29) is 11.9 Å². The molecule has 0 bridgehead atoms. The second kappa shape index (κ2) is 8.06. The number of allylic oxidation sites excluding steroid dienone is 1. The number of halogens is 1. The Morgan fingerprint density at radius 2 is 2.00 bits per heavy atom. The van der Waals surface area contributed by atoms with Crippen LogP contribution in [-0.4, -0.2) is 26.3 Å². The van der Waals surface area contributed by atoms with E-state index in [1.807, 2.05) is 18.2 Å². The second-order valence-electron chi connectivity index (χ2n) is 6.34. The minimum Gasteiger partial charge on any atom is -0.508 e. The molecule has 0 amide bonds. The van der Waals surface area contributed by atoms with Gasteiger partial charge in [0, 0.05) is 11.6 Å². The summed E-state index contributed by atoms with van der Waals surface area (Å²) < 4.78 is 14.0. The molecule has 3 rings (SSSR count). The molecular weight excluding hydrogens is 331 g/mol. The van der Waals surface area contributed by atoms with E-state index in [2.05, 4.69) is 9.97 Å². The molecule has 0 saturated heterocycles. The van der Waals surface area contributed by atoms with Crippen molar-refractivity contribution in [3.8, 4) is 16.9 Å². The average Bonchev–Trinajstić information content (AvgIpc) is 2.61. The Morgan fingerprint density at radius 3 is 2.77 bits per heavy atom. The number of unbranched alkanes of at least 4 members (excludes halogenated alkanes) is 1. The molecule has 1 atom stereocenters. The van der Waals surface area contributed by atoms with Gasteiger partial charge in [0.2, 0.25) is 0 Å². The number of benzene rings is 2. The molecule has 5 heteroatoms. The van der Waals surface area contributed by atoms with Crippen molar-refractivity contribution < 1.29 is 14.6 Å². The SMILES string of the molecule is CC(O)CCC/C=C/c1cnc2cc(-c3ccc(O)cc3F)ccc2n1. The molecule has 4 nitrogen and oxygen atoms in total. The molecule has 2 aromatic carbocycles. The fraction of sp³-hybridized carbons (Fsp3) is 0.238. The fourth-order valence-electron chi connectivity index (χ4n) is 2.75. The maximum atomic E-state index is 14.0. The van der Waals surface area contributed by atoms with Gasteiger partial charge in [0.25, 0.3) is 0 Å². The van der Waals surface area contributed by atoms with E-state index in [0.29, 0.717) is 16.6 Å². The van der Waals surface area contributed by atoms with Crippen LogP contribution in [0.15, 0.2) is 48.7 Å². The molecule has 0 spiro atoms. The smallest absolute Gasteiger partial charge is 0.134 e. The van der Waals surface area contributed by atoms with Crippen LogP contribution in [0, 0.1) is 5.82 Å². The van der Waals surface area contributed by atoms with Crippen LogP contribution in [0.2, 0.25) is 0 Å². The Labute approximate surface area is 151 Å². The van der Waals surface area contributed by atoms with Crippen molar-refractivity contribution in [3.63, 3.8) is 0 Å². The molecule has 2 N–H and O–H groups in total. The van der Waals surface area contributed by atoms with Gasteiger partial charge in [-0.2, -0.15) is 0 Å². The number of aromatic nitrogens is 2. The number of nitrogens with zero attached hydrogens (tertiary/aromatic N) is 2. The van der Waals surface area contributed by atoms with Gasteiger partial charge in [-0.1, -0.05) is 12.1 Å². The molecule has 134 valence electrons. The summed E-state index contributed by atoms with van der Waals surface area (Å²) in [5.41, 5.74) is 3.28. The third kappa shape index (κ3) is 4.43. The van der Waals surface area contributed by atoms with Gasteiger partial charge >= 0.3 is 0 Å². The van der Waals surface area contributed by atoms with E-state index in [4.69, 9.17) is 0 Å². The number of aromatic hydroxyl groups is 1. The lowest BCUT2D eigenvalue weighted by atomic mass is 10.0. The molecule has 1 unspecified atom stereocenters. The number of rotatable bonds is 6. The highest BCUT2D eigenvalue weighted by molar-refractivity contribution is 5.82. The van der Waals surface area contributed by atoms with Crippen molar-refractivity contribution in [1.29, 1.82) is 0 Å². The molecule has 3 aromatic rings. The van der Waals surface area contributed by atoms with E-state index in [1.54, 1.807) is 31.3 Å². The number of hydrogen-bond acceptors (Lipinski definition) is 4. The first kappa shape index (κ1) is 18.0. The number of phenols is 1. The van der Waals surface area contributed by atoms with Gasteiger partial charge in [-0.25, -0.2) is 9.37 Å². The van der Waals surface area contributed by atoms with Crippen molar-refractivity contribution in [3.05, 3.63) is 60.2 Å². The molecule has 0 radical (unpaired) electrons. The van der Waals surface area contributed by atoms with Crippen LogP contribution in [0.3, 0.4) is 0 Å². The first-order valence-electron chi connectivity index (χ1n) is 8.63. The molecule has 0 fully saturated rings. The van der Waals surface area contributed by atoms with Crippen LogP contribution in [0.1, 0.15) is 31.9 Å². The zero-order valence-electron chi connectivity index (χ0n) is 14.6. The largest absolute Gasteiger partial charge is 0.508 e. The molecule has 1 aromatic heterocycles. The van der Waals surface area contributed by atoms with Gasteiger partial charge in [0.05, 0.1) is 29.0 Å². The third-order valence-corrected chi connectivity index (χ3v) is 4.11. The summed E-state index contributed by atoms with van der Waals surface area (Å²) in [6, 6.07) is 9.49. The van der Waals surface area contributed by atoms with Gasteiger partial charge in [-0.3, -0.25) is 4.98 Å². The Balaban J connectivity index is 1.78. The van der Waals surface area contributed by atoms with E-state index in [9.17, 15) is 14.6 Å². The van der Waals surface area contributed by atoms with E-state index in [0.717, 1.165) is 36.5 Å². The zero-order chi connectivity index (χ0) is 18.5. The number of aliphatic hydroxyl groups excluding tert-OH is 1. The monoisotopic (exact) mass is 352 g/mol. The minimum absolute atomic E-state index is 0.100. The summed E-state index contributed by atoms with van der Waals surface area (Å²) in [5, 5.41) is 18.6. The lowest BCUT2D eigenvalue weighted by Gasteiger charge is -2.06. The summed E-state index contributed by atoms with van der Waals surface area (Å²) in [4.78, 5) is 8.96. The highest BCUT2D eigenvalue weighted by atomic mass is 19.1. The number of aliphatic hydroxyl groups is 1. The first-order valence-corrected chi connectivity index (χ1v) is 8.63. The first-order chi connectivity index (χ1) is 12.5. The van der Waals surface area contributed by atoms with Gasteiger partial charge in [0.15, 0.2) is 0 Å². The summed E-state index contributed by atoms with van der Waals surface area (Å²) in [5.74, 6) is -0.578. The summed E-state index contributed by atoms with van der Waals surface area (Å²) in [7, 11) is 0. The zero-order valence-corrected chi connectivity index (χ0v) is 14.6. The highest BCUT2D eigenvalue weighted by Crippen LogP contribution is 2.27. The normalized spacial score (nSPS) is 12.7. The van der Waals surface area contributed by atoms with Crippen LogP contribution < -0.4 is 0 Å². The predicted molar refractivity (Wildman–Crippen MR) is 101 cm³/mol. The number of phenolic OH excluding ortho intramolecular Hbond substituents is 1. The molecule has 0 aliphatic rings. The van der Waals surface area contributed by atoms with Gasteiger partial charge < -0.3 is 10.2 Å². The summed E-state index contributed by atoms with van der Waals surface area (Å²) >= 11 is 0. The summed E-state index contributed by atoms with van der Waals surface area (Å²) in [6.07, 6.45) is 7.95. The minimum atomic E-state index is -0.478.